The lowest BCUT2D eigenvalue weighted by Crippen LogP contribution is -2.03. The lowest BCUT2D eigenvalue weighted by Gasteiger charge is -2.14. The van der Waals surface area contributed by atoms with Crippen molar-refractivity contribution < 1.29 is 14.6 Å². The number of aromatic carboxylic acids is 1. The monoisotopic (exact) mass is 466 g/mol. The van der Waals surface area contributed by atoms with E-state index in [9.17, 15) is 9.90 Å². The van der Waals surface area contributed by atoms with Crippen LogP contribution in [-0.4, -0.2) is 11.1 Å². The molecule has 0 aliphatic rings. The van der Waals surface area contributed by atoms with Crippen LogP contribution >= 0.6 is 0 Å². The predicted octanol–water partition coefficient (Wildman–Crippen LogP) is 9.98. The minimum Gasteiger partial charge on any atom is -0.478 e. The zero-order chi connectivity index (χ0) is 24.3. The van der Waals surface area contributed by atoms with Crippen LogP contribution in [0.3, 0.4) is 0 Å². The van der Waals surface area contributed by atoms with E-state index < -0.39 is 5.97 Å². The van der Waals surface area contributed by atoms with E-state index >= 15 is 0 Å². The first-order valence-corrected chi connectivity index (χ1v) is 13.8. The van der Waals surface area contributed by atoms with Gasteiger partial charge in [0.05, 0.1) is 0 Å². The number of carboxylic acids is 1. The van der Waals surface area contributed by atoms with Gasteiger partial charge >= 0.3 is 5.97 Å². The molecule has 0 bridgehead atoms. The number of benzene rings is 2. The van der Waals surface area contributed by atoms with Gasteiger partial charge in [-0.1, -0.05) is 134 Å². The van der Waals surface area contributed by atoms with Crippen molar-refractivity contribution in [3.8, 4) is 11.5 Å². The number of hydrogen-bond acceptors (Lipinski definition) is 2. The second-order valence-electron chi connectivity index (χ2n) is 9.57. The summed E-state index contributed by atoms with van der Waals surface area (Å²) in [6.45, 7) is 2.28. The molecule has 0 amide bonds. The zero-order valence-corrected chi connectivity index (χ0v) is 21.4. The lowest BCUT2D eigenvalue weighted by atomic mass is 10.0. The first kappa shape index (κ1) is 28.0. The standard InChI is InChI=1S/C31H46O3/c1-2-3-4-5-6-7-8-9-10-11-12-13-14-15-16-18-22-27-23-21-26-29(31(32)33)30(27)34-28-24-19-17-20-25-28/h17,19-21,23-26H,2-16,18,22H2,1H3,(H,32,33). The van der Waals surface area contributed by atoms with Gasteiger partial charge in [0.15, 0.2) is 0 Å². The van der Waals surface area contributed by atoms with E-state index in [1.807, 2.05) is 42.5 Å². The van der Waals surface area contributed by atoms with Gasteiger partial charge in [-0.2, -0.15) is 0 Å². The van der Waals surface area contributed by atoms with Crippen molar-refractivity contribution in [2.45, 2.75) is 116 Å². The molecule has 0 aliphatic heterocycles. The second kappa shape index (κ2) is 18.1. The first-order valence-electron chi connectivity index (χ1n) is 13.8. The molecule has 3 nitrogen and oxygen atoms in total. The van der Waals surface area contributed by atoms with E-state index in [1.54, 1.807) is 6.07 Å². The van der Waals surface area contributed by atoms with Crippen molar-refractivity contribution in [2.75, 3.05) is 0 Å². The summed E-state index contributed by atoms with van der Waals surface area (Å²) in [6.07, 6.45) is 22.4. The number of carboxylic acid groups (broad SMARTS) is 1. The normalized spacial score (nSPS) is 11.0. The van der Waals surface area contributed by atoms with E-state index in [0.29, 0.717) is 11.5 Å². The number of ether oxygens (including phenoxy) is 1. The number of aryl methyl sites for hydroxylation is 1. The Kier molecular flexibility index (Phi) is 14.9. The van der Waals surface area contributed by atoms with Crippen molar-refractivity contribution in [1.82, 2.24) is 0 Å². The van der Waals surface area contributed by atoms with Crippen LogP contribution in [0.25, 0.3) is 0 Å². The zero-order valence-electron chi connectivity index (χ0n) is 21.4. The van der Waals surface area contributed by atoms with Gasteiger partial charge in [0.2, 0.25) is 0 Å². The summed E-state index contributed by atoms with van der Waals surface area (Å²) in [6, 6.07) is 14.9. The van der Waals surface area contributed by atoms with Crippen LogP contribution in [0.4, 0.5) is 0 Å². The quantitative estimate of drug-likeness (QED) is 0.197. The molecule has 0 spiro atoms. The van der Waals surface area contributed by atoms with Crippen LogP contribution in [0, 0.1) is 0 Å². The Morgan fingerprint density at radius 2 is 1.15 bits per heavy atom. The SMILES string of the molecule is CCCCCCCCCCCCCCCCCCc1cccc(C(=O)O)c1Oc1ccccc1. The van der Waals surface area contributed by atoms with Crippen LogP contribution < -0.4 is 4.74 Å². The smallest absolute Gasteiger partial charge is 0.339 e. The van der Waals surface area contributed by atoms with Gasteiger partial charge in [-0.25, -0.2) is 4.79 Å². The molecule has 2 rings (SSSR count). The highest BCUT2D eigenvalue weighted by Crippen LogP contribution is 2.31. The van der Waals surface area contributed by atoms with E-state index in [0.717, 1.165) is 18.4 Å². The van der Waals surface area contributed by atoms with E-state index in [2.05, 4.69) is 6.92 Å². The molecule has 0 heterocycles. The summed E-state index contributed by atoms with van der Waals surface area (Å²) in [4.78, 5) is 11.7. The molecule has 0 saturated carbocycles. The molecule has 0 aliphatic carbocycles. The summed E-state index contributed by atoms with van der Waals surface area (Å²) in [5.41, 5.74) is 1.21. The largest absolute Gasteiger partial charge is 0.478 e. The fourth-order valence-corrected chi connectivity index (χ4v) is 4.54. The molecular weight excluding hydrogens is 420 g/mol. The molecule has 3 heteroatoms. The third kappa shape index (κ3) is 11.7. The second-order valence-corrected chi connectivity index (χ2v) is 9.57. The highest BCUT2D eigenvalue weighted by molar-refractivity contribution is 5.91. The van der Waals surface area contributed by atoms with E-state index in [1.165, 1.54) is 96.3 Å². The lowest BCUT2D eigenvalue weighted by molar-refractivity contribution is 0.0694. The van der Waals surface area contributed by atoms with Crippen molar-refractivity contribution >= 4 is 5.97 Å². The van der Waals surface area contributed by atoms with Gasteiger partial charge in [0.25, 0.3) is 0 Å². The fourth-order valence-electron chi connectivity index (χ4n) is 4.54. The van der Waals surface area contributed by atoms with Crippen LogP contribution in [0.1, 0.15) is 126 Å². The average molecular weight is 467 g/mol. The molecule has 1 N–H and O–H groups in total. The summed E-state index contributed by atoms with van der Waals surface area (Å²) in [5, 5.41) is 9.60. The maximum atomic E-state index is 11.7. The van der Waals surface area contributed by atoms with Gasteiger partial charge < -0.3 is 9.84 Å². The number of rotatable bonds is 20. The van der Waals surface area contributed by atoms with E-state index in [4.69, 9.17) is 4.74 Å². The number of hydrogen-bond donors (Lipinski definition) is 1. The van der Waals surface area contributed by atoms with Gasteiger partial charge in [0, 0.05) is 0 Å². The van der Waals surface area contributed by atoms with Gasteiger partial charge in [-0.3, -0.25) is 0 Å². The summed E-state index contributed by atoms with van der Waals surface area (Å²) < 4.78 is 6.00. The molecule has 0 fully saturated rings. The Morgan fingerprint density at radius 3 is 1.65 bits per heavy atom. The van der Waals surface area contributed by atoms with Crippen molar-refractivity contribution in [3.63, 3.8) is 0 Å². The molecule has 188 valence electrons. The highest BCUT2D eigenvalue weighted by atomic mass is 16.5. The molecule has 2 aromatic rings. The Labute approximate surface area is 207 Å². The van der Waals surface area contributed by atoms with Gasteiger partial charge in [-0.05, 0) is 36.6 Å². The number of unbranched alkanes of at least 4 members (excludes halogenated alkanes) is 15. The van der Waals surface area contributed by atoms with Gasteiger partial charge in [0.1, 0.15) is 17.1 Å². The molecular formula is C31H46O3. The molecule has 0 saturated heterocycles. The number of carbonyl (C=O) groups is 1. The third-order valence-corrected chi connectivity index (χ3v) is 6.59. The predicted molar refractivity (Wildman–Crippen MR) is 143 cm³/mol. The van der Waals surface area contributed by atoms with Crippen molar-refractivity contribution in [1.29, 1.82) is 0 Å². The molecule has 0 aromatic heterocycles. The fraction of sp³-hybridized carbons (Fsp3) is 0.581. The Bertz CT molecular complexity index is 785. The van der Waals surface area contributed by atoms with Crippen molar-refractivity contribution in [2.24, 2.45) is 0 Å². The summed E-state index contributed by atoms with van der Waals surface area (Å²) in [5.74, 6) is 0.214. The van der Waals surface area contributed by atoms with Crippen LogP contribution in [0.15, 0.2) is 48.5 Å². The molecule has 0 radical (unpaired) electrons. The van der Waals surface area contributed by atoms with Crippen LogP contribution in [0.2, 0.25) is 0 Å². The highest BCUT2D eigenvalue weighted by Gasteiger charge is 2.16. The molecule has 0 atom stereocenters. The van der Waals surface area contributed by atoms with Crippen molar-refractivity contribution in [3.05, 3.63) is 59.7 Å². The Hall–Kier alpha value is -2.29. The topological polar surface area (TPSA) is 46.5 Å². The van der Waals surface area contributed by atoms with Crippen LogP contribution in [-0.2, 0) is 6.42 Å². The molecule has 2 aromatic carbocycles. The Balaban J connectivity index is 1.56. The maximum absolute atomic E-state index is 11.7. The molecule has 34 heavy (non-hydrogen) atoms. The van der Waals surface area contributed by atoms with Crippen LogP contribution in [0.5, 0.6) is 11.5 Å². The average Bonchev–Trinajstić information content (AvgIpc) is 2.85. The molecule has 0 unspecified atom stereocenters. The Morgan fingerprint density at radius 1 is 0.647 bits per heavy atom. The third-order valence-electron chi connectivity index (χ3n) is 6.59. The minimum absolute atomic E-state index is 0.234. The summed E-state index contributed by atoms with van der Waals surface area (Å²) in [7, 11) is 0. The maximum Gasteiger partial charge on any atom is 0.339 e. The van der Waals surface area contributed by atoms with E-state index in [-0.39, 0.29) is 5.56 Å². The van der Waals surface area contributed by atoms with Gasteiger partial charge in [-0.15, -0.1) is 0 Å². The minimum atomic E-state index is -0.945. The number of para-hydroxylation sites is 2. The first-order chi connectivity index (χ1) is 16.7. The summed E-state index contributed by atoms with van der Waals surface area (Å²) >= 11 is 0.